The molecule has 8 heteroatoms. The third-order valence-electron chi connectivity index (χ3n) is 2.82. The average molecular weight is 317 g/mol. The van der Waals surface area contributed by atoms with Crippen molar-refractivity contribution in [3.8, 4) is 5.75 Å². The minimum Gasteiger partial charge on any atom is -0.486 e. The molecule has 0 aliphatic heterocycles. The number of carbonyl (C=O) groups excluding carboxylic acids is 1. The summed E-state index contributed by atoms with van der Waals surface area (Å²) in [4.78, 5) is 39.6. The van der Waals surface area contributed by atoms with Crippen LogP contribution in [0.3, 0.4) is 0 Å². The van der Waals surface area contributed by atoms with Crippen molar-refractivity contribution in [2.75, 3.05) is 5.32 Å². The summed E-state index contributed by atoms with van der Waals surface area (Å²) in [5.74, 6) is -0.436. The smallest absolute Gasteiger partial charge is 0.308 e. The van der Waals surface area contributed by atoms with E-state index in [0.717, 1.165) is 0 Å². The van der Waals surface area contributed by atoms with Crippen LogP contribution >= 0.6 is 0 Å². The normalized spacial score (nSPS) is 10.1. The molecule has 0 aliphatic carbocycles. The highest BCUT2D eigenvalue weighted by atomic mass is 16.5. The van der Waals surface area contributed by atoms with Crippen molar-refractivity contribution >= 4 is 17.6 Å². The number of carboxylic acid groups (broad SMARTS) is 1. The lowest BCUT2D eigenvalue weighted by molar-refractivity contribution is -0.136. The first kappa shape index (κ1) is 16.2. The molecular formula is C15H15N3O5. The fraction of sp³-hybridized carbons (Fsp3) is 0.200. The minimum atomic E-state index is -1.10. The van der Waals surface area contributed by atoms with E-state index < -0.39 is 11.5 Å². The van der Waals surface area contributed by atoms with Crippen molar-refractivity contribution in [3.63, 3.8) is 0 Å². The van der Waals surface area contributed by atoms with Crippen LogP contribution in [0.4, 0.5) is 5.69 Å². The van der Waals surface area contributed by atoms with E-state index in [9.17, 15) is 14.4 Å². The van der Waals surface area contributed by atoms with Crippen LogP contribution in [-0.4, -0.2) is 27.0 Å². The highest BCUT2D eigenvalue weighted by Crippen LogP contribution is 2.16. The number of nitrogens with zero attached hydrogens (tertiary/aromatic N) is 1. The molecule has 1 amide bonds. The number of hydrogen-bond acceptors (Lipinski definition) is 5. The SMILES string of the molecule is CC(=O)Nc1ccc(OCc2ncc(CC(=O)O)c(=O)[nH]2)cc1. The molecular weight excluding hydrogens is 302 g/mol. The van der Waals surface area contributed by atoms with E-state index in [1.54, 1.807) is 24.3 Å². The number of carbonyl (C=O) groups is 2. The number of anilines is 1. The zero-order chi connectivity index (χ0) is 16.8. The number of benzene rings is 1. The largest absolute Gasteiger partial charge is 0.486 e. The molecule has 120 valence electrons. The Morgan fingerprint density at radius 2 is 2.00 bits per heavy atom. The number of rotatable bonds is 6. The predicted octanol–water partition coefficient (Wildman–Crippen LogP) is 0.934. The van der Waals surface area contributed by atoms with Gasteiger partial charge in [-0.2, -0.15) is 0 Å². The molecule has 0 saturated heterocycles. The molecule has 0 radical (unpaired) electrons. The Morgan fingerprint density at radius 1 is 1.30 bits per heavy atom. The second-order valence-corrected chi connectivity index (χ2v) is 4.75. The molecule has 0 atom stereocenters. The Morgan fingerprint density at radius 3 is 2.57 bits per heavy atom. The first-order chi connectivity index (χ1) is 10.9. The number of amides is 1. The second-order valence-electron chi connectivity index (χ2n) is 4.75. The maximum Gasteiger partial charge on any atom is 0.308 e. The van der Waals surface area contributed by atoms with Gasteiger partial charge >= 0.3 is 5.97 Å². The molecule has 2 rings (SSSR count). The lowest BCUT2D eigenvalue weighted by Crippen LogP contribution is -2.19. The molecule has 1 heterocycles. The van der Waals surface area contributed by atoms with Crippen LogP contribution in [0.25, 0.3) is 0 Å². The molecule has 0 fully saturated rings. The number of aromatic amines is 1. The first-order valence-corrected chi connectivity index (χ1v) is 6.73. The van der Waals surface area contributed by atoms with Crippen molar-refractivity contribution in [1.82, 2.24) is 9.97 Å². The number of ether oxygens (including phenoxy) is 1. The number of nitrogens with one attached hydrogen (secondary N) is 2. The van der Waals surface area contributed by atoms with Gasteiger partial charge in [-0.1, -0.05) is 0 Å². The van der Waals surface area contributed by atoms with E-state index in [1.165, 1.54) is 13.1 Å². The number of hydrogen-bond donors (Lipinski definition) is 3. The van der Waals surface area contributed by atoms with Crippen molar-refractivity contribution in [2.24, 2.45) is 0 Å². The molecule has 0 saturated carbocycles. The van der Waals surface area contributed by atoms with Crippen LogP contribution < -0.4 is 15.6 Å². The van der Waals surface area contributed by atoms with E-state index in [1.807, 2.05) is 0 Å². The molecule has 0 bridgehead atoms. The van der Waals surface area contributed by atoms with Gasteiger partial charge in [-0.25, -0.2) is 4.98 Å². The molecule has 23 heavy (non-hydrogen) atoms. The fourth-order valence-electron chi connectivity index (χ4n) is 1.81. The summed E-state index contributed by atoms with van der Waals surface area (Å²) in [5.41, 5.74) is 0.234. The maximum atomic E-state index is 11.7. The Bertz CT molecular complexity index is 767. The maximum absolute atomic E-state index is 11.7. The van der Waals surface area contributed by atoms with Gasteiger partial charge < -0.3 is 20.1 Å². The van der Waals surface area contributed by atoms with Crippen LogP contribution in [0.2, 0.25) is 0 Å². The van der Waals surface area contributed by atoms with Crippen molar-refractivity contribution in [1.29, 1.82) is 0 Å². The third-order valence-corrected chi connectivity index (χ3v) is 2.82. The van der Waals surface area contributed by atoms with Crippen LogP contribution in [0.1, 0.15) is 18.3 Å². The summed E-state index contributed by atoms with van der Waals surface area (Å²) in [6.45, 7) is 1.45. The molecule has 0 aliphatic rings. The number of carboxylic acids is 1. The predicted molar refractivity (Wildman–Crippen MR) is 81.3 cm³/mol. The van der Waals surface area contributed by atoms with Gasteiger partial charge in [-0.3, -0.25) is 14.4 Å². The van der Waals surface area contributed by atoms with E-state index in [4.69, 9.17) is 9.84 Å². The first-order valence-electron chi connectivity index (χ1n) is 6.73. The van der Waals surface area contributed by atoms with Gasteiger partial charge in [-0.15, -0.1) is 0 Å². The summed E-state index contributed by atoms with van der Waals surface area (Å²) in [5, 5.41) is 11.3. The van der Waals surface area contributed by atoms with E-state index in [2.05, 4.69) is 15.3 Å². The van der Waals surface area contributed by atoms with E-state index in [-0.39, 0.29) is 30.3 Å². The van der Waals surface area contributed by atoms with Gasteiger partial charge in [0.25, 0.3) is 5.56 Å². The molecule has 1 aromatic carbocycles. The Hall–Kier alpha value is -3.16. The van der Waals surface area contributed by atoms with Crippen molar-refractivity contribution in [2.45, 2.75) is 20.0 Å². The molecule has 8 nitrogen and oxygen atoms in total. The summed E-state index contributed by atoms with van der Waals surface area (Å²) in [7, 11) is 0. The quantitative estimate of drug-likeness (QED) is 0.729. The number of aliphatic carboxylic acids is 1. The van der Waals surface area contributed by atoms with Crippen LogP contribution in [0.5, 0.6) is 5.75 Å². The van der Waals surface area contributed by atoms with Gasteiger partial charge in [0.05, 0.1) is 6.42 Å². The van der Waals surface area contributed by atoms with Crippen molar-refractivity contribution in [3.05, 3.63) is 52.2 Å². The molecule has 0 spiro atoms. The van der Waals surface area contributed by atoms with Crippen molar-refractivity contribution < 1.29 is 19.4 Å². The topological polar surface area (TPSA) is 121 Å². The van der Waals surface area contributed by atoms with Gasteiger partial charge in [-0.05, 0) is 24.3 Å². The lowest BCUT2D eigenvalue weighted by Gasteiger charge is -2.07. The monoisotopic (exact) mass is 317 g/mol. The van der Waals surface area contributed by atoms with Crippen LogP contribution in [0.15, 0.2) is 35.3 Å². The highest BCUT2D eigenvalue weighted by Gasteiger charge is 2.07. The lowest BCUT2D eigenvalue weighted by atomic mass is 10.2. The van der Waals surface area contributed by atoms with Crippen LogP contribution in [-0.2, 0) is 22.6 Å². The molecule has 1 aromatic heterocycles. The Kier molecular flexibility index (Phi) is 5.08. The minimum absolute atomic E-state index is 0.0298. The molecule has 3 N–H and O–H groups in total. The number of H-pyrrole nitrogens is 1. The van der Waals surface area contributed by atoms with Gasteiger partial charge in [0.2, 0.25) is 5.91 Å². The molecule has 0 unspecified atom stereocenters. The summed E-state index contributed by atoms with van der Waals surface area (Å²) < 4.78 is 5.47. The summed E-state index contributed by atoms with van der Waals surface area (Å²) in [6.07, 6.45) is 0.847. The van der Waals surface area contributed by atoms with Crippen LogP contribution in [0, 0.1) is 0 Å². The van der Waals surface area contributed by atoms with Gasteiger partial charge in [0.1, 0.15) is 18.2 Å². The van der Waals surface area contributed by atoms with Gasteiger partial charge in [0, 0.05) is 24.4 Å². The Labute approximate surface area is 131 Å². The fourth-order valence-corrected chi connectivity index (χ4v) is 1.81. The Balaban J connectivity index is 1.98. The average Bonchev–Trinajstić information content (AvgIpc) is 2.48. The highest BCUT2D eigenvalue weighted by molar-refractivity contribution is 5.88. The standard InChI is InChI=1S/C15H15N3O5/c1-9(19)17-11-2-4-12(5-3-11)23-8-13-16-7-10(6-14(20)21)15(22)18-13/h2-5,7H,6,8H2,1H3,(H,17,19)(H,20,21)(H,16,18,22). The third kappa shape index (κ3) is 4.95. The summed E-state index contributed by atoms with van der Waals surface area (Å²) in [6, 6.07) is 6.70. The van der Waals surface area contributed by atoms with E-state index in [0.29, 0.717) is 11.4 Å². The second kappa shape index (κ2) is 7.21. The zero-order valence-corrected chi connectivity index (χ0v) is 12.3. The molecule has 2 aromatic rings. The summed E-state index contributed by atoms with van der Waals surface area (Å²) >= 11 is 0. The zero-order valence-electron chi connectivity index (χ0n) is 12.3. The number of aromatic nitrogens is 2. The van der Waals surface area contributed by atoms with Gasteiger partial charge in [0.15, 0.2) is 0 Å². The van der Waals surface area contributed by atoms with E-state index >= 15 is 0 Å².